The molecule has 2 saturated heterocycles. The van der Waals surface area contributed by atoms with E-state index in [1.165, 1.54) is 24.3 Å². The highest BCUT2D eigenvalue weighted by atomic mass is 32.2. The molecule has 0 aromatic heterocycles. The lowest BCUT2D eigenvalue weighted by Crippen LogP contribution is -2.45. The SMILES string of the molecule is O=C(CON1C(=O)C(=Cc2cc(-c3cc(C(F)(F)F)cc(C(F)(F)F)c3)ccc2OCCN2CCOCC2)SC1=S)N[C@@H](CO)C(=O)O. The Hall–Kier alpha value is -3.75. The molecule has 0 aliphatic carbocycles. The number of carbonyl (C=O) groups excluding carboxylic acids is 2. The zero-order chi connectivity index (χ0) is 35.2. The highest BCUT2D eigenvalue weighted by Crippen LogP contribution is 2.40. The fraction of sp³-hybridized carbons (Fsp3) is 0.379. The number of hydrogen-bond acceptors (Lipinski definition) is 10. The summed E-state index contributed by atoms with van der Waals surface area (Å²) in [6.45, 7) is 1.24. The van der Waals surface area contributed by atoms with Crippen LogP contribution in [0.15, 0.2) is 41.3 Å². The topological polar surface area (TPSA) is 138 Å². The Kier molecular flexibility index (Phi) is 12.1. The number of carboxylic acids is 1. The molecule has 19 heteroatoms. The summed E-state index contributed by atoms with van der Waals surface area (Å²) in [5, 5.41) is 20.6. The van der Waals surface area contributed by atoms with Gasteiger partial charge in [0.15, 0.2) is 10.9 Å². The molecule has 1 atom stereocenters. The lowest BCUT2D eigenvalue weighted by molar-refractivity contribution is -0.162. The Morgan fingerprint density at radius 1 is 1.04 bits per heavy atom. The number of aliphatic carboxylic acids is 1. The number of hydrogen-bond donors (Lipinski definition) is 3. The molecule has 2 aliphatic rings. The first-order valence-corrected chi connectivity index (χ1v) is 15.2. The van der Waals surface area contributed by atoms with Crippen molar-refractivity contribution in [1.29, 1.82) is 0 Å². The van der Waals surface area contributed by atoms with Crippen molar-refractivity contribution in [3.63, 3.8) is 0 Å². The van der Waals surface area contributed by atoms with Gasteiger partial charge in [0.2, 0.25) is 5.91 Å². The van der Waals surface area contributed by atoms with Gasteiger partial charge in [0.1, 0.15) is 18.4 Å². The molecular weight excluding hydrogens is 696 g/mol. The third-order valence-electron chi connectivity index (χ3n) is 6.89. The quantitative estimate of drug-likeness (QED) is 0.168. The molecule has 260 valence electrons. The van der Waals surface area contributed by atoms with Crippen LogP contribution in [-0.4, -0.2) is 101 Å². The van der Waals surface area contributed by atoms with Crippen molar-refractivity contribution in [2.24, 2.45) is 0 Å². The van der Waals surface area contributed by atoms with Crippen LogP contribution in [0.1, 0.15) is 16.7 Å². The number of thiocarbonyl (C=S) groups is 1. The van der Waals surface area contributed by atoms with Gasteiger partial charge in [0, 0.05) is 25.2 Å². The van der Waals surface area contributed by atoms with Crippen molar-refractivity contribution < 1.29 is 65.3 Å². The van der Waals surface area contributed by atoms with E-state index in [0.29, 0.717) is 50.0 Å². The number of halogens is 6. The third-order valence-corrected chi connectivity index (χ3v) is 8.15. The number of thioether (sulfide) groups is 1. The van der Waals surface area contributed by atoms with Crippen LogP contribution in [0.5, 0.6) is 5.75 Å². The number of carbonyl (C=O) groups is 3. The van der Waals surface area contributed by atoms with E-state index < -0.39 is 66.1 Å². The molecule has 2 aliphatic heterocycles. The summed E-state index contributed by atoms with van der Waals surface area (Å²) in [6, 6.07) is 3.47. The monoisotopic (exact) mass is 723 g/mol. The maximum Gasteiger partial charge on any atom is 0.416 e. The number of rotatable bonds is 12. The second kappa shape index (κ2) is 15.6. The summed E-state index contributed by atoms with van der Waals surface area (Å²) in [4.78, 5) is 43.4. The summed E-state index contributed by atoms with van der Waals surface area (Å²) in [5.74, 6) is -3.20. The fourth-order valence-electron chi connectivity index (χ4n) is 4.45. The normalized spacial score (nSPS) is 17.6. The molecule has 2 fully saturated rings. The van der Waals surface area contributed by atoms with Gasteiger partial charge in [-0.2, -0.15) is 31.4 Å². The smallest absolute Gasteiger partial charge is 0.416 e. The largest absolute Gasteiger partial charge is 0.492 e. The van der Waals surface area contributed by atoms with Crippen molar-refractivity contribution >= 4 is 52.2 Å². The Balaban J connectivity index is 1.64. The molecule has 0 saturated carbocycles. The number of morpholine rings is 1. The summed E-state index contributed by atoms with van der Waals surface area (Å²) < 4.78 is 92.5. The molecule has 4 rings (SSSR count). The fourth-order valence-corrected chi connectivity index (χ4v) is 5.62. The Morgan fingerprint density at radius 3 is 2.27 bits per heavy atom. The molecule has 0 bridgehead atoms. The van der Waals surface area contributed by atoms with E-state index in [0.717, 1.165) is 11.8 Å². The van der Waals surface area contributed by atoms with Crippen LogP contribution >= 0.6 is 24.0 Å². The van der Waals surface area contributed by atoms with E-state index >= 15 is 0 Å². The number of aliphatic hydroxyl groups is 1. The first-order chi connectivity index (χ1) is 22.6. The molecule has 2 aromatic rings. The summed E-state index contributed by atoms with van der Waals surface area (Å²) in [5.41, 5.74) is -3.33. The van der Waals surface area contributed by atoms with E-state index in [9.17, 15) is 40.7 Å². The molecule has 2 heterocycles. The second-order valence-corrected chi connectivity index (χ2v) is 11.9. The number of amides is 2. The van der Waals surface area contributed by atoms with E-state index in [1.807, 2.05) is 5.32 Å². The third kappa shape index (κ3) is 9.66. The number of ether oxygens (including phenoxy) is 2. The van der Waals surface area contributed by atoms with Crippen LogP contribution in [0.3, 0.4) is 0 Å². The van der Waals surface area contributed by atoms with Gasteiger partial charge in [0.25, 0.3) is 5.91 Å². The number of alkyl halides is 6. The molecule has 11 nitrogen and oxygen atoms in total. The van der Waals surface area contributed by atoms with Gasteiger partial charge in [-0.3, -0.25) is 19.3 Å². The minimum absolute atomic E-state index is 0.0186. The van der Waals surface area contributed by atoms with Crippen LogP contribution in [0.2, 0.25) is 0 Å². The average molecular weight is 724 g/mol. The number of nitrogens with zero attached hydrogens (tertiary/aromatic N) is 2. The van der Waals surface area contributed by atoms with E-state index in [-0.39, 0.29) is 38.8 Å². The van der Waals surface area contributed by atoms with Crippen LogP contribution in [0.25, 0.3) is 17.2 Å². The lowest BCUT2D eigenvalue weighted by atomic mass is 9.97. The van der Waals surface area contributed by atoms with Crippen molar-refractivity contribution in [3.05, 3.63) is 58.0 Å². The highest BCUT2D eigenvalue weighted by molar-refractivity contribution is 8.26. The highest BCUT2D eigenvalue weighted by Gasteiger charge is 2.37. The predicted octanol–water partition coefficient (Wildman–Crippen LogP) is 3.80. The van der Waals surface area contributed by atoms with Gasteiger partial charge in [-0.25, -0.2) is 4.79 Å². The lowest BCUT2D eigenvalue weighted by Gasteiger charge is -2.26. The molecule has 0 unspecified atom stereocenters. The second-order valence-electron chi connectivity index (χ2n) is 10.2. The van der Waals surface area contributed by atoms with Gasteiger partial charge in [-0.15, -0.1) is 0 Å². The molecule has 3 N–H and O–H groups in total. The minimum Gasteiger partial charge on any atom is -0.492 e. The van der Waals surface area contributed by atoms with Crippen LogP contribution in [0.4, 0.5) is 26.3 Å². The van der Waals surface area contributed by atoms with Crippen LogP contribution in [-0.2, 0) is 36.3 Å². The predicted molar refractivity (Wildman–Crippen MR) is 162 cm³/mol. The first-order valence-electron chi connectivity index (χ1n) is 14.0. The molecule has 0 spiro atoms. The number of aliphatic hydroxyl groups excluding tert-OH is 1. The molecule has 0 radical (unpaired) electrons. The number of benzene rings is 2. The minimum atomic E-state index is -5.07. The molecular formula is C29H27F6N3O8S2. The summed E-state index contributed by atoms with van der Waals surface area (Å²) in [6.07, 6.45) is -8.88. The van der Waals surface area contributed by atoms with Crippen molar-refractivity contribution in [2.45, 2.75) is 18.4 Å². The maximum absolute atomic E-state index is 13.6. The molecule has 2 aromatic carbocycles. The molecule has 2 amide bonds. The van der Waals surface area contributed by atoms with E-state index in [2.05, 4.69) is 4.90 Å². The number of carboxylic acid groups (broad SMARTS) is 1. The van der Waals surface area contributed by atoms with Crippen LogP contribution < -0.4 is 10.1 Å². The van der Waals surface area contributed by atoms with Gasteiger partial charge in [0.05, 0.1) is 35.9 Å². The molecule has 48 heavy (non-hydrogen) atoms. The Labute approximate surface area is 278 Å². The van der Waals surface area contributed by atoms with Gasteiger partial charge in [-0.1, -0.05) is 17.8 Å². The number of nitrogens with one attached hydrogen (secondary N) is 1. The summed E-state index contributed by atoms with van der Waals surface area (Å²) in [7, 11) is 0. The maximum atomic E-state index is 13.6. The zero-order valence-electron chi connectivity index (χ0n) is 24.6. The Morgan fingerprint density at radius 2 is 1.69 bits per heavy atom. The van der Waals surface area contributed by atoms with Crippen molar-refractivity contribution in [3.8, 4) is 16.9 Å². The Bertz CT molecular complexity index is 1550. The van der Waals surface area contributed by atoms with Gasteiger partial charge in [-0.05, 0) is 59.8 Å². The van der Waals surface area contributed by atoms with Gasteiger partial charge < -0.3 is 25.0 Å². The standard InChI is InChI=1S/C29H27F6N3O8S2/c30-28(31,32)19-10-17(11-20(13-19)29(33,34)35)16-1-2-22(45-8-5-37-3-6-44-7-4-37)18(9-16)12-23-25(41)38(27(47)48-23)46-15-24(40)36-21(14-39)26(42)43/h1-2,9-13,21,39H,3-8,14-15H2,(H,36,40)(H,42,43)/t21-/m0/s1. The van der Waals surface area contributed by atoms with E-state index in [4.69, 9.17) is 36.7 Å². The van der Waals surface area contributed by atoms with Crippen molar-refractivity contribution in [2.75, 3.05) is 52.7 Å². The first kappa shape index (κ1) is 37.1. The van der Waals surface area contributed by atoms with E-state index in [1.54, 1.807) is 0 Å². The average Bonchev–Trinajstić information content (AvgIpc) is 3.29. The summed E-state index contributed by atoms with van der Waals surface area (Å²) >= 11 is 5.89. The van der Waals surface area contributed by atoms with Gasteiger partial charge >= 0.3 is 18.3 Å². The van der Waals surface area contributed by atoms with Crippen LogP contribution in [0, 0.1) is 0 Å². The number of hydroxylamine groups is 2. The zero-order valence-corrected chi connectivity index (χ0v) is 26.2. The van der Waals surface area contributed by atoms with Crippen molar-refractivity contribution in [1.82, 2.24) is 15.3 Å².